The molecule has 7 heteroatoms. The van der Waals surface area contributed by atoms with Crippen LogP contribution < -0.4 is 4.74 Å². The zero-order chi connectivity index (χ0) is 21.0. The van der Waals surface area contributed by atoms with Crippen molar-refractivity contribution < 1.29 is 28.6 Å². The number of rotatable bonds is 7. The number of aromatic amines is 1. The standard InChI is InChI=1S/C22H21NO6/c1-13-20(22(26)27-3)14(2)23-21(13)18(24)11-29-19(25)12-28-17-9-8-15-6-4-5-7-16(15)10-17/h4-10,23H,11-12H2,1-3H3. The van der Waals surface area contributed by atoms with Crippen molar-refractivity contribution in [2.45, 2.75) is 13.8 Å². The first-order chi connectivity index (χ1) is 13.9. The number of Topliss-reactive ketones (excluding diaryl/α,β-unsaturated/α-hetero) is 1. The van der Waals surface area contributed by atoms with Crippen LogP contribution in [0.4, 0.5) is 0 Å². The predicted molar refractivity (Wildman–Crippen MR) is 106 cm³/mol. The zero-order valence-electron chi connectivity index (χ0n) is 16.4. The monoisotopic (exact) mass is 395 g/mol. The van der Waals surface area contributed by atoms with Gasteiger partial charge in [0.1, 0.15) is 5.75 Å². The summed E-state index contributed by atoms with van der Waals surface area (Å²) in [4.78, 5) is 39.0. The summed E-state index contributed by atoms with van der Waals surface area (Å²) < 4.78 is 15.2. The summed E-state index contributed by atoms with van der Waals surface area (Å²) in [6, 6.07) is 13.3. The summed E-state index contributed by atoms with van der Waals surface area (Å²) in [6.45, 7) is 2.52. The highest BCUT2D eigenvalue weighted by Crippen LogP contribution is 2.21. The van der Waals surface area contributed by atoms with Crippen molar-refractivity contribution in [1.29, 1.82) is 0 Å². The maximum absolute atomic E-state index is 12.4. The van der Waals surface area contributed by atoms with Crippen LogP contribution in [0.15, 0.2) is 42.5 Å². The molecule has 3 rings (SSSR count). The minimum Gasteiger partial charge on any atom is -0.482 e. The Morgan fingerprint density at radius 3 is 2.41 bits per heavy atom. The van der Waals surface area contributed by atoms with Crippen LogP contribution in [0.2, 0.25) is 0 Å². The Morgan fingerprint density at radius 1 is 0.966 bits per heavy atom. The second kappa shape index (κ2) is 8.60. The van der Waals surface area contributed by atoms with Crippen LogP contribution in [-0.4, -0.2) is 43.0 Å². The van der Waals surface area contributed by atoms with Gasteiger partial charge in [0, 0.05) is 5.69 Å². The largest absolute Gasteiger partial charge is 0.482 e. The molecule has 29 heavy (non-hydrogen) atoms. The zero-order valence-corrected chi connectivity index (χ0v) is 16.4. The minimum atomic E-state index is -0.666. The van der Waals surface area contributed by atoms with Crippen LogP contribution in [0.3, 0.4) is 0 Å². The molecule has 0 bridgehead atoms. The van der Waals surface area contributed by atoms with E-state index in [0.29, 0.717) is 22.6 Å². The fraction of sp³-hybridized carbons (Fsp3) is 0.227. The van der Waals surface area contributed by atoms with Gasteiger partial charge in [0.15, 0.2) is 13.2 Å². The van der Waals surface area contributed by atoms with Gasteiger partial charge in [-0.1, -0.05) is 30.3 Å². The number of nitrogens with one attached hydrogen (secondary N) is 1. The number of fused-ring (bicyclic) bond motifs is 1. The number of hydrogen-bond donors (Lipinski definition) is 1. The quantitative estimate of drug-likeness (QED) is 0.487. The van der Waals surface area contributed by atoms with Crippen LogP contribution in [0.5, 0.6) is 5.75 Å². The molecule has 7 nitrogen and oxygen atoms in total. The fourth-order valence-corrected chi connectivity index (χ4v) is 3.10. The summed E-state index contributed by atoms with van der Waals surface area (Å²) >= 11 is 0. The van der Waals surface area contributed by atoms with Crippen molar-refractivity contribution in [3.8, 4) is 5.75 Å². The van der Waals surface area contributed by atoms with Gasteiger partial charge in [-0.2, -0.15) is 0 Å². The molecule has 150 valence electrons. The summed E-state index contributed by atoms with van der Waals surface area (Å²) in [7, 11) is 1.27. The summed E-state index contributed by atoms with van der Waals surface area (Å²) in [5.74, 6) is -1.11. The van der Waals surface area contributed by atoms with Crippen LogP contribution >= 0.6 is 0 Å². The van der Waals surface area contributed by atoms with Crippen LogP contribution in [0, 0.1) is 13.8 Å². The molecule has 1 heterocycles. The van der Waals surface area contributed by atoms with Crippen molar-refractivity contribution in [2.24, 2.45) is 0 Å². The second-order valence-electron chi connectivity index (χ2n) is 6.50. The average Bonchev–Trinajstić information content (AvgIpc) is 3.03. The van der Waals surface area contributed by atoms with Crippen molar-refractivity contribution >= 4 is 28.5 Å². The number of benzene rings is 2. The summed E-state index contributed by atoms with van der Waals surface area (Å²) in [5.41, 5.74) is 1.50. The third-order valence-corrected chi connectivity index (χ3v) is 4.55. The third-order valence-electron chi connectivity index (χ3n) is 4.55. The average molecular weight is 395 g/mol. The smallest absolute Gasteiger partial charge is 0.344 e. The Kier molecular flexibility index (Phi) is 5.97. The Bertz CT molecular complexity index is 1080. The lowest BCUT2D eigenvalue weighted by Gasteiger charge is -2.08. The molecule has 0 aliphatic carbocycles. The molecule has 0 saturated carbocycles. The van der Waals surface area contributed by atoms with Gasteiger partial charge in [-0.15, -0.1) is 0 Å². The highest BCUT2D eigenvalue weighted by Gasteiger charge is 2.23. The van der Waals surface area contributed by atoms with E-state index in [1.54, 1.807) is 19.9 Å². The van der Waals surface area contributed by atoms with Gasteiger partial charge < -0.3 is 19.2 Å². The summed E-state index contributed by atoms with van der Waals surface area (Å²) in [6.07, 6.45) is 0. The van der Waals surface area contributed by atoms with Gasteiger partial charge in [-0.05, 0) is 42.3 Å². The maximum atomic E-state index is 12.4. The Balaban J connectivity index is 1.56. The number of aryl methyl sites for hydroxylation is 1. The van der Waals surface area contributed by atoms with Crippen molar-refractivity contribution in [1.82, 2.24) is 4.98 Å². The number of carbonyl (C=O) groups excluding carboxylic acids is 3. The number of aromatic nitrogens is 1. The second-order valence-corrected chi connectivity index (χ2v) is 6.50. The van der Waals surface area contributed by atoms with E-state index in [0.717, 1.165) is 10.8 Å². The van der Waals surface area contributed by atoms with Gasteiger partial charge >= 0.3 is 11.9 Å². The Hall–Kier alpha value is -3.61. The van der Waals surface area contributed by atoms with E-state index in [-0.39, 0.29) is 12.3 Å². The molecule has 0 saturated heterocycles. The van der Waals surface area contributed by atoms with Gasteiger partial charge in [0.25, 0.3) is 0 Å². The first-order valence-corrected chi connectivity index (χ1v) is 8.98. The molecule has 1 aromatic heterocycles. The molecular weight excluding hydrogens is 374 g/mol. The number of methoxy groups -OCH3 is 1. The first kappa shape index (κ1) is 20.1. The lowest BCUT2D eigenvalue weighted by Crippen LogP contribution is -2.20. The van der Waals surface area contributed by atoms with E-state index < -0.39 is 24.3 Å². The van der Waals surface area contributed by atoms with Gasteiger partial charge in [0.2, 0.25) is 5.78 Å². The van der Waals surface area contributed by atoms with E-state index in [1.165, 1.54) is 7.11 Å². The molecule has 0 aliphatic heterocycles. The normalized spacial score (nSPS) is 10.6. The SMILES string of the molecule is COC(=O)c1c(C)[nH]c(C(=O)COC(=O)COc2ccc3ccccc3c2)c1C. The van der Waals surface area contributed by atoms with Crippen LogP contribution in [0.25, 0.3) is 10.8 Å². The van der Waals surface area contributed by atoms with Crippen LogP contribution in [-0.2, 0) is 14.3 Å². The highest BCUT2D eigenvalue weighted by molar-refractivity contribution is 6.02. The lowest BCUT2D eigenvalue weighted by molar-refractivity contribution is -0.144. The highest BCUT2D eigenvalue weighted by atomic mass is 16.6. The maximum Gasteiger partial charge on any atom is 0.344 e. The van der Waals surface area contributed by atoms with E-state index in [4.69, 9.17) is 14.2 Å². The van der Waals surface area contributed by atoms with E-state index in [2.05, 4.69) is 4.98 Å². The molecule has 0 fully saturated rings. The first-order valence-electron chi connectivity index (χ1n) is 8.98. The molecule has 0 radical (unpaired) electrons. The third kappa shape index (κ3) is 4.45. The number of hydrogen-bond acceptors (Lipinski definition) is 6. The van der Waals surface area contributed by atoms with E-state index in [1.807, 2.05) is 36.4 Å². The molecular formula is C22H21NO6. The molecule has 3 aromatic rings. The summed E-state index contributed by atoms with van der Waals surface area (Å²) in [5, 5.41) is 2.06. The molecule has 2 aromatic carbocycles. The predicted octanol–water partition coefficient (Wildman–Crippen LogP) is 3.38. The van der Waals surface area contributed by atoms with Gasteiger partial charge in [0.05, 0.1) is 18.4 Å². The van der Waals surface area contributed by atoms with Crippen molar-refractivity contribution in [3.05, 3.63) is 65.0 Å². The lowest BCUT2D eigenvalue weighted by atomic mass is 10.1. The van der Waals surface area contributed by atoms with Crippen LogP contribution in [0.1, 0.15) is 32.1 Å². The number of esters is 2. The Labute approximate surface area is 167 Å². The number of H-pyrrole nitrogens is 1. The van der Waals surface area contributed by atoms with Gasteiger partial charge in [-0.3, -0.25) is 4.79 Å². The molecule has 0 unspecified atom stereocenters. The number of ketones is 1. The molecule has 0 amide bonds. The Morgan fingerprint density at radius 2 is 1.69 bits per heavy atom. The van der Waals surface area contributed by atoms with Gasteiger partial charge in [-0.25, -0.2) is 9.59 Å². The van der Waals surface area contributed by atoms with E-state index >= 15 is 0 Å². The number of ether oxygens (including phenoxy) is 3. The topological polar surface area (TPSA) is 94.7 Å². The van der Waals surface area contributed by atoms with E-state index in [9.17, 15) is 14.4 Å². The fourth-order valence-electron chi connectivity index (χ4n) is 3.10. The van der Waals surface area contributed by atoms with Crippen molar-refractivity contribution in [2.75, 3.05) is 20.3 Å². The van der Waals surface area contributed by atoms with Crippen molar-refractivity contribution in [3.63, 3.8) is 0 Å². The molecule has 0 atom stereocenters. The number of carbonyl (C=O) groups is 3. The molecule has 1 N–H and O–H groups in total. The molecule has 0 spiro atoms. The minimum absolute atomic E-state index is 0.214. The molecule has 0 aliphatic rings.